The molecular formula is C17H25N3O. The maximum atomic E-state index is 11.3. The third-order valence-corrected chi connectivity index (χ3v) is 5.03. The van der Waals surface area contributed by atoms with Gasteiger partial charge in [-0.05, 0) is 49.3 Å². The third kappa shape index (κ3) is 2.91. The molecule has 1 saturated carbocycles. The van der Waals surface area contributed by atoms with E-state index in [0.717, 1.165) is 22.9 Å². The van der Waals surface area contributed by atoms with Gasteiger partial charge in [0.05, 0.1) is 11.0 Å². The molecule has 2 aromatic rings. The normalized spacial score (nSPS) is 27.9. The summed E-state index contributed by atoms with van der Waals surface area (Å²) in [4.78, 5) is 17.0. The molecule has 0 spiro atoms. The van der Waals surface area contributed by atoms with Crippen LogP contribution in [-0.4, -0.2) is 16.0 Å². The number of H-pyrrole nitrogens is 2. The topological polar surface area (TPSA) is 60.7 Å². The number of rotatable bonds is 3. The highest BCUT2D eigenvalue weighted by atomic mass is 16.1. The van der Waals surface area contributed by atoms with Crippen molar-refractivity contribution in [2.75, 3.05) is 0 Å². The summed E-state index contributed by atoms with van der Waals surface area (Å²) in [7, 11) is 0. The van der Waals surface area contributed by atoms with E-state index in [9.17, 15) is 4.79 Å². The van der Waals surface area contributed by atoms with Crippen LogP contribution in [0.1, 0.15) is 51.6 Å². The summed E-state index contributed by atoms with van der Waals surface area (Å²) >= 11 is 0. The summed E-state index contributed by atoms with van der Waals surface area (Å²) in [6, 6.07) is 7.02. The van der Waals surface area contributed by atoms with Gasteiger partial charge in [0.1, 0.15) is 0 Å². The summed E-state index contributed by atoms with van der Waals surface area (Å²) in [6.45, 7) is 6.92. The number of aromatic amines is 2. The molecule has 3 unspecified atom stereocenters. The van der Waals surface area contributed by atoms with E-state index >= 15 is 0 Å². The van der Waals surface area contributed by atoms with Crippen LogP contribution in [0.5, 0.6) is 0 Å². The highest BCUT2D eigenvalue weighted by Crippen LogP contribution is 2.30. The van der Waals surface area contributed by atoms with E-state index in [2.05, 4.69) is 48.2 Å². The minimum absolute atomic E-state index is 0.141. The van der Waals surface area contributed by atoms with E-state index in [1.807, 2.05) is 6.07 Å². The maximum absolute atomic E-state index is 11.3. The molecule has 3 N–H and O–H groups in total. The molecule has 1 heterocycles. The van der Waals surface area contributed by atoms with Crippen LogP contribution in [0.15, 0.2) is 23.0 Å². The Bertz CT molecular complexity index is 662. The summed E-state index contributed by atoms with van der Waals surface area (Å²) < 4.78 is 0. The largest absolute Gasteiger partial charge is 0.323 e. The van der Waals surface area contributed by atoms with E-state index in [1.54, 1.807) is 0 Å². The molecule has 1 fully saturated rings. The quantitative estimate of drug-likeness (QED) is 0.811. The Morgan fingerprint density at radius 1 is 1.14 bits per heavy atom. The van der Waals surface area contributed by atoms with Crippen LogP contribution in [0.2, 0.25) is 0 Å². The Morgan fingerprint density at radius 2 is 1.81 bits per heavy atom. The van der Waals surface area contributed by atoms with Crippen molar-refractivity contribution < 1.29 is 0 Å². The summed E-state index contributed by atoms with van der Waals surface area (Å²) in [6.07, 6.45) is 3.99. The molecule has 0 saturated heterocycles. The predicted octanol–water partition coefficient (Wildman–Crippen LogP) is 3.33. The zero-order valence-electron chi connectivity index (χ0n) is 13.1. The summed E-state index contributed by atoms with van der Waals surface area (Å²) in [5, 5.41) is 3.80. The van der Waals surface area contributed by atoms with Crippen LogP contribution in [0, 0.1) is 11.8 Å². The first-order valence-corrected chi connectivity index (χ1v) is 8.02. The molecular weight excluding hydrogens is 262 g/mol. The van der Waals surface area contributed by atoms with E-state index in [-0.39, 0.29) is 5.69 Å². The van der Waals surface area contributed by atoms with Crippen LogP contribution in [0.3, 0.4) is 0 Å². The van der Waals surface area contributed by atoms with Crippen molar-refractivity contribution in [3.8, 4) is 0 Å². The first-order chi connectivity index (χ1) is 10.0. The Morgan fingerprint density at radius 3 is 2.52 bits per heavy atom. The van der Waals surface area contributed by atoms with Gasteiger partial charge in [-0.1, -0.05) is 26.3 Å². The van der Waals surface area contributed by atoms with E-state index in [0.29, 0.717) is 12.1 Å². The number of aromatic nitrogens is 2. The lowest BCUT2D eigenvalue weighted by Gasteiger charge is -2.37. The van der Waals surface area contributed by atoms with Gasteiger partial charge in [0.25, 0.3) is 0 Å². The fraction of sp³-hybridized carbons (Fsp3) is 0.588. The number of hydrogen-bond acceptors (Lipinski definition) is 2. The number of nitrogens with one attached hydrogen (secondary N) is 3. The minimum Gasteiger partial charge on any atom is -0.307 e. The number of benzene rings is 1. The third-order valence-electron chi connectivity index (χ3n) is 5.03. The summed E-state index contributed by atoms with van der Waals surface area (Å²) in [5.41, 5.74) is 2.84. The number of imidazole rings is 1. The molecule has 1 aliphatic rings. The first kappa shape index (κ1) is 14.4. The lowest BCUT2D eigenvalue weighted by molar-refractivity contribution is 0.196. The molecule has 3 atom stereocenters. The van der Waals surface area contributed by atoms with Crippen molar-refractivity contribution >= 4 is 11.0 Å². The lowest BCUT2D eigenvalue weighted by atomic mass is 9.78. The fourth-order valence-electron chi connectivity index (χ4n) is 3.71. The van der Waals surface area contributed by atoms with Gasteiger partial charge in [0.15, 0.2) is 0 Å². The molecule has 4 heteroatoms. The van der Waals surface area contributed by atoms with Gasteiger partial charge in [-0.2, -0.15) is 0 Å². The van der Waals surface area contributed by atoms with Gasteiger partial charge in [-0.3, -0.25) is 0 Å². The minimum atomic E-state index is -0.141. The molecule has 3 rings (SSSR count). The molecule has 1 aromatic carbocycles. The van der Waals surface area contributed by atoms with Crippen molar-refractivity contribution in [2.45, 2.75) is 52.1 Å². The smallest absolute Gasteiger partial charge is 0.307 e. The number of hydrogen-bond donors (Lipinski definition) is 3. The van der Waals surface area contributed by atoms with Crippen LogP contribution in [-0.2, 0) is 0 Å². The second kappa shape index (κ2) is 5.68. The predicted molar refractivity (Wildman–Crippen MR) is 86.4 cm³/mol. The van der Waals surface area contributed by atoms with Crippen molar-refractivity contribution in [1.29, 1.82) is 0 Å². The van der Waals surface area contributed by atoms with Gasteiger partial charge in [0.2, 0.25) is 0 Å². The average Bonchev–Trinajstić information content (AvgIpc) is 2.81. The second-order valence-electron chi connectivity index (χ2n) is 6.68. The standard InChI is InChI=1S/C17H25N3O/c1-10-5-4-6-11(2)16(10)18-12(3)13-7-8-14-15(9-13)20-17(21)19-14/h7-12,16,18H,4-6H2,1-3H3,(H2,19,20,21). The lowest BCUT2D eigenvalue weighted by Crippen LogP contribution is -2.43. The van der Waals surface area contributed by atoms with Crippen molar-refractivity contribution in [3.63, 3.8) is 0 Å². The monoisotopic (exact) mass is 287 g/mol. The van der Waals surface area contributed by atoms with Gasteiger partial charge < -0.3 is 15.3 Å². The first-order valence-electron chi connectivity index (χ1n) is 8.02. The Kier molecular flexibility index (Phi) is 3.89. The van der Waals surface area contributed by atoms with Gasteiger partial charge in [-0.15, -0.1) is 0 Å². The second-order valence-corrected chi connectivity index (χ2v) is 6.68. The Hall–Kier alpha value is -1.55. The molecule has 0 radical (unpaired) electrons. The van der Waals surface area contributed by atoms with E-state index in [4.69, 9.17) is 0 Å². The fourth-order valence-corrected chi connectivity index (χ4v) is 3.71. The summed E-state index contributed by atoms with van der Waals surface area (Å²) in [5.74, 6) is 1.46. The Balaban J connectivity index is 1.79. The molecule has 1 aliphatic carbocycles. The van der Waals surface area contributed by atoms with Gasteiger partial charge in [-0.25, -0.2) is 4.79 Å². The highest BCUT2D eigenvalue weighted by Gasteiger charge is 2.28. The maximum Gasteiger partial charge on any atom is 0.323 e. The molecule has 0 bridgehead atoms. The van der Waals surface area contributed by atoms with Crippen molar-refractivity contribution in [3.05, 3.63) is 34.2 Å². The van der Waals surface area contributed by atoms with Gasteiger partial charge in [0, 0.05) is 12.1 Å². The highest BCUT2D eigenvalue weighted by molar-refractivity contribution is 5.75. The molecule has 114 valence electrons. The molecule has 0 aliphatic heterocycles. The molecule has 21 heavy (non-hydrogen) atoms. The van der Waals surface area contributed by atoms with E-state index < -0.39 is 0 Å². The molecule has 1 aromatic heterocycles. The van der Waals surface area contributed by atoms with Crippen molar-refractivity contribution in [2.24, 2.45) is 11.8 Å². The van der Waals surface area contributed by atoms with Crippen LogP contribution in [0.4, 0.5) is 0 Å². The molecule has 4 nitrogen and oxygen atoms in total. The zero-order chi connectivity index (χ0) is 15.0. The van der Waals surface area contributed by atoms with Crippen molar-refractivity contribution in [1.82, 2.24) is 15.3 Å². The van der Waals surface area contributed by atoms with E-state index in [1.165, 1.54) is 24.8 Å². The SMILES string of the molecule is CC(NC1C(C)CCCC1C)c1ccc2[nH]c(=O)[nH]c2c1. The Labute approximate surface area is 125 Å². The average molecular weight is 287 g/mol. The molecule has 0 amide bonds. The number of fused-ring (bicyclic) bond motifs is 1. The van der Waals surface area contributed by atoms with Crippen LogP contribution >= 0.6 is 0 Å². The van der Waals surface area contributed by atoms with Gasteiger partial charge >= 0.3 is 5.69 Å². The zero-order valence-corrected chi connectivity index (χ0v) is 13.1. The van der Waals surface area contributed by atoms with Crippen LogP contribution in [0.25, 0.3) is 11.0 Å². The van der Waals surface area contributed by atoms with Crippen LogP contribution < -0.4 is 11.0 Å².